The number of nitrogens with one attached hydrogen (secondary N) is 2. The number of carbonyl (C=O) groups excluding carboxylic acids is 1. The molecule has 0 radical (unpaired) electrons. The van der Waals surface area contributed by atoms with Crippen LogP contribution in [0.2, 0.25) is 10.0 Å². The molecule has 2 N–H and O–H groups in total. The fourth-order valence-corrected chi connectivity index (χ4v) is 2.90. The van der Waals surface area contributed by atoms with Gasteiger partial charge in [0.05, 0.1) is 11.4 Å². The minimum Gasteiger partial charge on any atom is -0.296 e. The lowest BCUT2D eigenvalue weighted by molar-refractivity contribution is 0.247. The second-order valence-corrected chi connectivity index (χ2v) is 5.85. The molecule has 1 atom stereocenters. The molecule has 2 aromatic rings. The topological polar surface area (TPSA) is 56.7 Å². The predicted octanol–water partition coefficient (Wildman–Crippen LogP) is 3.16. The summed E-state index contributed by atoms with van der Waals surface area (Å²) >= 11 is 12.1. The van der Waals surface area contributed by atoms with Crippen LogP contribution in [0.4, 0.5) is 10.5 Å². The first-order chi connectivity index (χ1) is 10.6. The molecule has 22 heavy (non-hydrogen) atoms. The summed E-state index contributed by atoms with van der Waals surface area (Å²) in [4.78, 5) is 16.2. The van der Waals surface area contributed by atoms with E-state index in [1.54, 1.807) is 11.1 Å². The van der Waals surface area contributed by atoms with Gasteiger partial charge in [-0.05, 0) is 30.3 Å². The van der Waals surface area contributed by atoms with Crippen LogP contribution in [-0.4, -0.2) is 18.0 Å². The first kappa shape index (κ1) is 13.4. The van der Waals surface area contributed by atoms with E-state index >= 15 is 0 Å². The number of aliphatic imine (C=N–C) groups is 1. The third-order valence-corrected chi connectivity index (χ3v) is 4.06. The number of hydrogen-bond acceptors (Lipinski definition) is 3. The molecule has 5 nitrogen and oxygen atoms in total. The highest BCUT2D eigenvalue weighted by molar-refractivity contribution is 6.32. The Kier molecular flexibility index (Phi) is 2.99. The van der Waals surface area contributed by atoms with Crippen molar-refractivity contribution in [3.05, 3.63) is 63.6 Å². The number of nitrogens with zero attached hydrogens (tertiary/aromatic N) is 2. The maximum atomic E-state index is 11.6. The Morgan fingerprint density at radius 1 is 1.05 bits per heavy atom. The normalized spacial score (nSPS) is 19.0. The summed E-state index contributed by atoms with van der Waals surface area (Å²) in [5, 5.41) is 5.70. The molecule has 1 unspecified atom stereocenters. The number of amides is 2. The number of carbonyl (C=O) groups is 1. The zero-order valence-corrected chi connectivity index (χ0v) is 12.7. The lowest BCUT2D eigenvalue weighted by Crippen LogP contribution is -2.43. The summed E-state index contributed by atoms with van der Waals surface area (Å²) in [6.45, 7) is 0. The van der Waals surface area contributed by atoms with Gasteiger partial charge in [0.25, 0.3) is 0 Å². The van der Waals surface area contributed by atoms with Crippen LogP contribution >= 0.6 is 23.2 Å². The summed E-state index contributed by atoms with van der Waals surface area (Å²) in [7, 11) is 0. The average Bonchev–Trinajstić information content (AvgIpc) is 2.87. The standard InChI is InChI=1S/C15H10Cl2N4O/c16-9-3-1-8(2-4-9)13-11-7-10(17)5-6-12(11)21-14(18-13)19-15(22)20-21/h1-7,14H,(H2,19,20,22). The van der Waals surface area contributed by atoms with E-state index in [2.05, 4.69) is 15.7 Å². The summed E-state index contributed by atoms with van der Waals surface area (Å²) in [6, 6.07) is 12.6. The van der Waals surface area contributed by atoms with Gasteiger partial charge in [-0.2, -0.15) is 0 Å². The molecular weight excluding hydrogens is 323 g/mol. The number of halogens is 2. The maximum absolute atomic E-state index is 11.6. The van der Waals surface area contributed by atoms with E-state index in [1.165, 1.54) is 0 Å². The highest BCUT2D eigenvalue weighted by atomic mass is 35.5. The van der Waals surface area contributed by atoms with Gasteiger partial charge >= 0.3 is 6.03 Å². The van der Waals surface area contributed by atoms with Crippen LogP contribution in [-0.2, 0) is 0 Å². The number of hydrazine groups is 1. The van der Waals surface area contributed by atoms with Gasteiger partial charge < -0.3 is 0 Å². The fraction of sp³-hybridized carbons (Fsp3) is 0.0667. The Hall–Kier alpha value is -2.24. The van der Waals surface area contributed by atoms with E-state index in [9.17, 15) is 4.79 Å². The molecule has 0 aromatic heterocycles. The maximum Gasteiger partial charge on any atom is 0.336 e. The number of fused-ring (bicyclic) bond motifs is 3. The van der Waals surface area contributed by atoms with Gasteiger partial charge in [-0.1, -0.05) is 35.3 Å². The zero-order valence-electron chi connectivity index (χ0n) is 11.2. The summed E-state index contributed by atoms with van der Waals surface area (Å²) in [5.74, 6) is 0. The lowest BCUT2D eigenvalue weighted by atomic mass is 9.99. The van der Waals surface area contributed by atoms with Crippen LogP contribution in [0.25, 0.3) is 0 Å². The third kappa shape index (κ3) is 2.10. The van der Waals surface area contributed by atoms with Crippen molar-refractivity contribution in [2.24, 2.45) is 4.99 Å². The molecule has 2 amide bonds. The molecule has 4 rings (SSSR count). The first-order valence-corrected chi connectivity index (χ1v) is 7.37. The van der Waals surface area contributed by atoms with Crippen molar-refractivity contribution in [2.45, 2.75) is 6.29 Å². The number of hydrogen-bond donors (Lipinski definition) is 2. The van der Waals surface area contributed by atoms with Crippen LogP contribution < -0.4 is 15.8 Å². The molecular formula is C15H10Cl2N4O. The van der Waals surface area contributed by atoms with Crippen molar-refractivity contribution in [3.63, 3.8) is 0 Å². The smallest absolute Gasteiger partial charge is 0.296 e. The Bertz CT molecular complexity index is 804. The molecule has 0 aliphatic carbocycles. The van der Waals surface area contributed by atoms with Crippen LogP contribution in [0.15, 0.2) is 47.5 Å². The number of anilines is 1. The van der Waals surface area contributed by atoms with Crippen molar-refractivity contribution >= 4 is 40.6 Å². The largest absolute Gasteiger partial charge is 0.336 e. The SMILES string of the molecule is O=C1NC2N=C(c3ccc(Cl)cc3)c3cc(Cl)ccc3N2N1. The van der Waals surface area contributed by atoms with Gasteiger partial charge in [-0.25, -0.2) is 20.2 Å². The molecule has 2 aliphatic rings. The summed E-state index contributed by atoms with van der Waals surface area (Å²) in [5.41, 5.74) is 6.10. The lowest BCUT2D eigenvalue weighted by Gasteiger charge is -2.29. The van der Waals surface area contributed by atoms with E-state index in [1.807, 2.05) is 36.4 Å². The van der Waals surface area contributed by atoms with Crippen molar-refractivity contribution in [1.29, 1.82) is 0 Å². The number of urea groups is 1. The molecule has 2 heterocycles. The molecule has 7 heteroatoms. The van der Waals surface area contributed by atoms with Crippen LogP contribution in [0, 0.1) is 0 Å². The second kappa shape index (κ2) is 4.90. The van der Waals surface area contributed by atoms with Gasteiger partial charge in [0.1, 0.15) is 0 Å². The second-order valence-electron chi connectivity index (χ2n) is 4.98. The quantitative estimate of drug-likeness (QED) is 0.842. The van der Waals surface area contributed by atoms with Gasteiger partial charge in [0, 0.05) is 21.2 Å². The molecule has 0 saturated carbocycles. The van der Waals surface area contributed by atoms with Crippen LogP contribution in [0.5, 0.6) is 0 Å². The molecule has 2 aromatic carbocycles. The molecule has 110 valence electrons. The van der Waals surface area contributed by atoms with Gasteiger partial charge in [0.2, 0.25) is 6.29 Å². The van der Waals surface area contributed by atoms with Gasteiger partial charge in [-0.15, -0.1) is 0 Å². The number of benzene rings is 2. The minimum atomic E-state index is -0.480. The van der Waals surface area contributed by atoms with Crippen LogP contribution in [0.3, 0.4) is 0 Å². The number of rotatable bonds is 1. The van der Waals surface area contributed by atoms with Gasteiger partial charge in [0.15, 0.2) is 0 Å². The van der Waals surface area contributed by atoms with E-state index in [0.29, 0.717) is 10.0 Å². The Morgan fingerprint density at radius 2 is 1.77 bits per heavy atom. The van der Waals surface area contributed by atoms with E-state index in [0.717, 1.165) is 22.5 Å². The Morgan fingerprint density at radius 3 is 2.55 bits per heavy atom. The third-order valence-electron chi connectivity index (χ3n) is 3.57. The fourth-order valence-electron chi connectivity index (χ4n) is 2.60. The molecule has 2 aliphatic heterocycles. The molecule has 1 fully saturated rings. The molecule has 1 saturated heterocycles. The van der Waals surface area contributed by atoms with Crippen molar-refractivity contribution in [3.8, 4) is 0 Å². The van der Waals surface area contributed by atoms with Crippen molar-refractivity contribution in [2.75, 3.05) is 5.01 Å². The monoisotopic (exact) mass is 332 g/mol. The highest BCUT2D eigenvalue weighted by Crippen LogP contribution is 2.32. The average molecular weight is 333 g/mol. The first-order valence-electron chi connectivity index (χ1n) is 6.62. The van der Waals surface area contributed by atoms with Crippen molar-refractivity contribution < 1.29 is 4.79 Å². The Labute approximate surface area is 136 Å². The minimum absolute atomic E-state index is 0.285. The van der Waals surface area contributed by atoms with E-state index in [4.69, 9.17) is 23.2 Å². The van der Waals surface area contributed by atoms with Crippen molar-refractivity contribution in [1.82, 2.24) is 10.7 Å². The summed E-state index contributed by atoms with van der Waals surface area (Å²) < 4.78 is 0. The van der Waals surface area contributed by atoms with Gasteiger partial charge in [-0.3, -0.25) is 5.32 Å². The van der Waals surface area contributed by atoms with E-state index in [-0.39, 0.29) is 6.03 Å². The predicted molar refractivity (Wildman–Crippen MR) is 86.5 cm³/mol. The molecule has 0 bridgehead atoms. The highest BCUT2D eigenvalue weighted by Gasteiger charge is 2.35. The molecule has 0 spiro atoms. The Balaban J connectivity index is 1.90. The summed E-state index contributed by atoms with van der Waals surface area (Å²) in [6.07, 6.45) is -0.480. The van der Waals surface area contributed by atoms with E-state index < -0.39 is 6.29 Å². The zero-order chi connectivity index (χ0) is 15.3. The van der Waals surface area contributed by atoms with Crippen LogP contribution in [0.1, 0.15) is 11.1 Å².